The Morgan fingerprint density at radius 2 is 1.20 bits per heavy atom. The molecule has 0 aliphatic carbocycles. The molecule has 0 aliphatic rings. The summed E-state index contributed by atoms with van der Waals surface area (Å²) in [5.41, 5.74) is 8.25. The number of hydrogen-bond donors (Lipinski definition) is 1. The molecule has 230 valence electrons. The van der Waals surface area contributed by atoms with Crippen molar-refractivity contribution in [2.45, 2.75) is 116 Å². The van der Waals surface area contributed by atoms with Crippen LogP contribution >= 0.6 is 0 Å². The van der Waals surface area contributed by atoms with Gasteiger partial charge in [-0.1, -0.05) is 115 Å². The van der Waals surface area contributed by atoms with E-state index in [2.05, 4.69) is 6.92 Å². The van der Waals surface area contributed by atoms with Gasteiger partial charge in [0.2, 0.25) is 0 Å². The van der Waals surface area contributed by atoms with Crippen LogP contribution in [0.1, 0.15) is 127 Å². The van der Waals surface area contributed by atoms with Crippen molar-refractivity contribution in [3.8, 4) is 17.2 Å². The molecule has 0 saturated heterocycles. The van der Waals surface area contributed by atoms with Gasteiger partial charge in [-0.2, -0.15) is 0 Å². The lowest BCUT2D eigenvalue weighted by Crippen LogP contribution is -2.16. The summed E-state index contributed by atoms with van der Waals surface area (Å²) in [4.78, 5) is 12.1. The zero-order valence-corrected chi connectivity index (χ0v) is 26.0. The van der Waals surface area contributed by atoms with E-state index in [-0.39, 0.29) is 18.6 Å². The molecule has 0 aliphatic heterocycles. The summed E-state index contributed by atoms with van der Waals surface area (Å²) in [5.74, 6) is 1.64. The van der Waals surface area contributed by atoms with E-state index in [1.54, 1.807) is 14.2 Å². The van der Waals surface area contributed by atoms with Gasteiger partial charge in [0, 0.05) is 11.6 Å². The van der Waals surface area contributed by atoms with Crippen LogP contribution in [0, 0.1) is 0 Å². The molecule has 2 aromatic carbocycles. The number of ether oxygens (including phenoxy) is 4. The zero-order valence-electron chi connectivity index (χ0n) is 26.0. The number of carbonyl (C=O) groups is 1. The first-order chi connectivity index (χ1) is 20.1. The second kappa shape index (κ2) is 21.9. The molecule has 2 aromatic rings. The van der Waals surface area contributed by atoms with Crippen molar-refractivity contribution in [2.24, 2.45) is 5.73 Å². The van der Waals surface area contributed by atoms with Crippen molar-refractivity contribution in [3.05, 3.63) is 53.6 Å². The second-order valence-corrected chi connectivity index (χ2v) is 11.0. The number of esters is 1. The minimum absolute atomic E-state index is 0.101. The van der Waals surface area contributed by atoms with Crippen molar-refractivity contribution >= 4 is 5.97 Å². The molecule has 2 N–H and O–H groups in total. The molecule has 0 aromatic heterocycles. The third-order valence-electron chi connectivity index (χ3n) is 7.63. The van der Waals surface area contributed by atoms with E-state index in [4.69, 9.17) is 24.7 Å². The minimum Gasteiger partial charge on any atom is -0.497 e. The average Bonchev–Trinajstić information content (AvgIpc) is 3.01. The molecular weight excluding hydrogens is 514 g/mol. The minimum atomic E-state index is -0.366. The summed E-state index contributed by atoms with van der Waals surface area (Å²) in [6.07, 6.45) is 21.2. The highest BCUT2D eigenvalue weighted by molar-refractivity contribution is 5.71. The van der Waals surface area contributed by atoms with Gasteiger partial charge < -0.3 is 24.7 Å². The molecule has 0 saturated carbocycles. The summed E-state index contributed by atoms with van der Waals surface area (Å²) in [6.45, 7) is 2.63. The van der Waals surface area contributed by atoms with E-state index in [0.29, 0.717) is 23.9 Å². The van der Waals surface area contributed by atoms with Gasteiger partial charge in [-0.25, -0.2) is 4.79 Å². The molecule has 0 spiro atoms. The maximum Gasteiger partial charge on any atom is 0.344 e. The maximum absolute atomic E-state index is 12.1. The lowest BCUT2D eigenvalue weighted by atomic mass is 9.98. The third-order valence-corrected chi connectivity index (χ3v) is 7.63. The van der Waals surface area contributed by atoms with Gasteiger partial charge in [0.05, 0.1) is 26.9 Å². The summed E-state index contributed by atoms with van der Waals surface area (Å²) in [5, 5.41) is 0. The fourth-order valence-electron chi connectivity index (χ4n) is 5.05. The van der Waals surface area contributed by atoms with E-state index in [9.17, 15) is 4.79 Å². The monoisotopic (exact) mass is 569 g/mol. The van der Waals surface area contributed by atoms with Gasteiger partial charge in [0.15, 0.2) is 6.61 Å². The number of rotatable bonds is 24. The maximum atomic E-state index is 12.1. The second-order valence-electron chi connectivity index (χ2n) is 11.0. The normalized spacial score (nSPS) is 11.7. The molecule has 41 heavy (non-hydrogen) atoms. The highest BCUT2D eigenvalue weighted by Crippen LogP contribution is 2.32. The Morgan fingerprint density at radius 1 is 0.683 bits per heavy atom. The van der Waals surface area contributed by atoms with Crippen LogP contribution in [0.5, 0.6) is 17.2 Å². The first-order valence-electron chi connectivity index (χ1n) is 15.9. The third kappa shape index (κ3) is 14.6. The molecule has 2 rings (SSSR count). The van der Waals surface area contributed by atoms with Crippen molar-refractivity contribution in [2.75, 3.05) is 27.4 Å². The Morgan fingerprint density at radius 3 is 1.71 bits per heavy atom. The van der Waals surface area contributed by atoms with Crippen molar-refractivity contribution in [1.82, 2.24) is 0 Å². The van der Waals surface area contributed by atoms with Gasteiger partial charge >= 0.3 is 5.97 Å². The summed E-state index contributed by atoms with van der Waals surface area (Å²) >= 11 is 0. The van der Waals surface area contributed by atoms with Crippen LogP contribution in [0.2, 0.25) is 0 Å². The largest absolute Gasteiger partial charge is 0.497 e. The molecule has 6 nitrogen and oxygen atoms in total. The first kappa shape index (κ1) is 34.5. The average molecular weight is 570 g/mol. The van der Waals surface area contributed by atoms with Crippen LogP contribution in [-0.4, -0.2) is 33.4 Å². The van der Waals surface area contributed by atoms with Gasteiger partial charge in [-0.3, -0.25) is 0 Å². The van der Waals surface area contributed by atoms with E-state index in [1.165, 1.54) is 89.9 Å². The number of hydrogen-bond acceptors (Lipinski definition) is 6. The van der Waals surface area contributed by atoms with Gasteiger partial charge in [0.1, 0.15) is 17.2 Å². The van der Waals surface area contributed by atoms with Crippen LogP contribution in [0.25, 0.3) is 0 Å². The lowest BCUT2D eigenvalue weighted by Gasteiger charge is -2.17. The fourth-order valence-corrected chi connectivity index (χ4v) is 5.05. The number of unbranched alkanes of at least 4 members (excludes halogenated alkanes) is 15. The molecule has 0 heterocycles. The summed E-state index contributed by atoms with van der Waals surface area (Å²) in [7, 11) is 3.23. The Balaban J connectivity index is 1.48. The standard InChI is InChI=1S/C35H55NO5/c1-4-5-6-7-8-9-10-11-12-13-14-15-16-17-18-19-26-40-34(37)28-41-30-22-20-29(21-23-30)35(36)32-25-24-31(38-2)27-33(32)39-3/h20-25,27,35H,4-19,26,28,36H2,1-3H3. The molecule has 1 unspecified atom stereocenters. The Kier molecular flexibility index (Phi) is 18.4. The molecule has 0 fully saturated rings. The topological polar surface area (TPSA) is 80.0 Å². The Bertz CT molecular complexity index is 946. The van der Waals surface area contributed by atoms with E-state index < -0.39 is 0 Å². The van der Waals surface area contributed by atoms with Gasteiger partial charge in [0.25, 0.3) is 0 Å². The van der Waals surface area contributed by atoms with Crippen LogP contribution in [0.4, 0.5) is 0 Å². The van der Waals surface area contributed by atoms with Crippen LogP contribution in [-0.2, 0) is 9.53 Å². The van der Waals surface area contributed by atoms with E-state index in [0.717, 1.165) is 24.0 Å². The Hall–Kier alpha value is -2.73. The predicted octanol–water partition coefficient (Wildman–Crippen LogP) is 8.94. The molecule has 6 heteroatoms. The molecular formula is C35H55NO5. The van der Waals surface area contributed by atoms with Crippen molar-refractivity contribution in [1.29, 1.82) is 0 Å². The van der Waals surface area contributed by atoms with Crippen molar-refractivity contribution in [3.63, 3.8) is 0 Å². The van der Waals surface area contributed by atoms with E-state index >= 15 is 0 Å². The number of nitrogens with two attached hydrogens (primary N) is 1. The SMILES string of the molecule is CCCCCCCCCCCCCCCCCCOC(=O)COc1ccc(C(N)c2ccc(OC)cc2OC)cc1. The molecule has 0 bridgehead atoms. The quantitative estimate of drug-likeness (QED) is 0.100. The van der Waals surface area contributed by atoms with Gasteiger partial charge in [-0.05, 0) is 36.2 Å². The fraction of sp³-hybridized carbons (Fsp3) is 0.629. The van der Waals surface area contributed by atoms with Gasteiger partial charge in [-0.15, -0.1) is 0 Å². The van der Waals surface area contributed by atoms with Crippen LogP contribution in [0.3, 0.4) is 0 Å². The summed E-state index contributed by atoms with van der Waals surface area (Å²) < 4.78 is 21.7. The number of methoxy groups -OCH3 is 2. The zero-order chi connectivity index (χ0) is 29.5. The lowest BCUT2D eigenvalue weighted by molar-refractivity contribution is -0.146. The van der Waals surface area contributed by atoms with Crippen molar-refractivity contribution < 1.29 is 23.7 Å². The number of carbonyl (C=O) groups excluding carboxylic acids is 1. The smallest absolute Gasteiger partial charge is 0.344 e. The Labute approximate surface area is 249 Å². The predicted molar refractivity (Wildman–Crippen MR) is 168 cm³/mol. The highest BCUT2D eigenvalue weighted by atomic mass is 16.6. The van der Waals surface area contributed by atoms with E-state index in [1.807, 2.05) is 42.5 Å². The molecule has 0 amide bonds. The first-order valence-corrected chi connectivity index (χ1v) is 15.9. The molecule has 0 radical (unpaired) electrons. The highest BCUT2D eigenvalue weighted by Gasteiger charge is 2.15. The molecule has 1 atom stereocenters. The van der Waals surface area contributed by atoms with Crippen LogP contribution < -0.4 is 19.9 Å². The number of benzene rings is 2. The summed E-state index contributed by atoms with van der Waals surface area (Å²) in [6, 6.07) is 12.6. The van der Waals surface area contributed by atoms with Crippen LogP contribution in [0.15, 0.2) is 42.5 Å².